The predicted octanol–water partition coefficient (Wildman–Crippen LogP) is 2.86. The van der Waals surface area contributed by atoms with Gasteiger partial charge in [-0.2, -0.15) is 0 Å². The van der Waals surface area contributed by atoms with Gasteiger partial charge < -0.3 is 10.2 Å². The van der Waals surface area contributed by atoms with E-state index in [0.29, 0.717) is 0 Å². The number of amides is 1. The Morgan fingerprint density at radius 2 is 2.00 bits per heavy atom. The van der Waals surface area contributed by atoms with Crippen LogP contribution in [-0.2, 0) is 4.79 Å². The standard InChI is InChI=1S/C14H20N2O/c1-9-6-7-12-13(10(9)2)15-8-14(4,5)16(12)11(3)17/h6-7,15H,8H2,1-5H3. The van der Waals surface area contributed by atoms with Gasteiger partial charge in [0.2, 0.25) is 5.91 Å². The van der Waals surface area contributed by atoms with Gasteiger partial charge in [-0.05, 0) is 44.9 Å². The van der Waals surface area contributed by atoms with Crippen LogP contribution in [0.5, 0.6) is 0 Å². The van der Waals surface area contributed by atoms with E-state index < -0.39 is 0 Å². The molecule has 1 N–H and O–H groups in total. The number of hydrogen-bond acceptors (Lipinski definition) is 2. The summed E-state index contributed by atoms with van der Waals surface area (Å²) in [6.07, 6.45) is 0. The number of anilines is 2. The van der Waals surface area contributed by atoms with Crippen molar-refractivity contribution >= 4 is 17.3 Å². The second-order valence-corrected chi connectivity index (χ2v) is 5.42. The van der Waals surface area contributed by atoms with Crippen molar-refractivity contribution in [2.75, 3.05) is 16.8 Å². The molecule has 3 heteroatoms. The lowest BCUT2D eigenvalue weighted by atomic mass is 9.94. The summed E-state index contributed by atoms with van der Waals surface area (Å²) in [5.41, 5.74) is 4.39. The third-order valence-electron chi connectivity index (χ3n) is 3.57. The molecule has 0 fully saturated rings. The summed E-state index contributed by atoms with van der Waals surface area (Å²) in [5, 5.41) is 3.45. The SMILES string of the molecule is CC(=O)N1c2ccc(C)c(C)c2NCC1(C)C. The summed E-state index contributed by atoms with van der Waals surface area (Å²) in [7, 11) is 0. The van der Waals surface area contributed by atoms with Crippen LogP contribution < -0.4 is 10.2 Å². The molecule has 1 aliphatic heterocycles. The van der Waals surface area contributed by atoms with Gasteiger partial charge in [-0.3, -0.25) is 4.79 Å². The highest BCUT2D eigenvalue weighted by atomic mass is 16.2. The second kappa shape index (κ2) is 3.76. The Labute approximate surface area is 103 Å². The minimum Gasteiger partial charge on any atom is -0.381 e. The third-order valence-corrected chi connectivity index (χ3v) is 3.57. The molecule has 1 amide bonds. The van der Waals surface area contributed by atoms with Gasteiger partial charge in [-0.1, -0.05) is 6.07 Å². The Morgan fingerprint density at radius 3 is 2.59 bits per heavy atom. The van der Waals surface area contributed by atoms with Crippen molar-refractivity contribution in [2.24, 2.45) is 0 Å². The average molecular weight is 232 g/mol. The van der Waals surface area contributed by atoms with Crippen molar-refractivity contribution in [3.8, 4) is 0 Å². The van der Waals surface area contributed by atoms with E-state index in [0.717, 1.165) is 17.9 Å². The molecule has 92 valence electrons. The molecule has 0 unspecified atom stereocenters. The fraction of sp³-hybridized carbons (Fsp3) is 0.500. The molecule has 0 saturated heterocycles. The number of rotatable bonds is 0. The van der Waals surface area contributed by atoms with Crippen molar-refractivity contribution in [3.63, 3.8) is 0 Å². The smallest absolute Gasteiger partial charge is 0.224 e. The first-order valence-corrected chi connectivity index (χ1v) is 5.99. The molecule has 17 heavy (non-hydrogen) atoms. The van der Waals surface area contributed by atoms with Crippen molar-refractivity contribution in [1.29, 1.82) is 0 Å². The fourth-order valence-electron chi connectivity index (χ4n) is 2.52. The van der Waals surface area contributed by atoms with Crippen LogP contribution >= 0.6 is 0 Å². The summed E-state index contributed by atoms with van der Waals surface area (Å²) in [6, 6.07) is 4.11. The van der Waals surface area contributed by atoms with E-state index in [9.17, 15) is 4.79 Å². The van der Waals surface area contributed by atoms with Crippen molar-refractivity contribution in [3.05, 3.63) is 23.3 Å². The molecule has 2 rings (SSSR count). The van der Waals surface area contributed by atoms with Gasteiger partial charge in [0.25, 0.3) is 0 Å². The van der Waals surface area contributed by atoms with E-state index in [1.807, 2.05) is 11.0 Å². The molecular formula is C14H20N2O. The topological polar surface area (TPSA) is 32.3 Å². The first-order chi connectivity index (χ1) is 7.84. The molecule has 3 nitrogen and oxygen atoms in total. The van der Waals surface area contributed by atoms with Crippen LogP contribution in [0.4, 0.5) is 11.4 Å². The molecule has 0 aliphatic carbocycles. The van der Waals surface area contributed by atoms with Gasteiger partial charge in [0, 0.05) is 13.5 Å². The zero-order valence-corrected chi connectivity index (χ0v) is 11.2. The molecule has 0 bridgehead atoms. The maximum atomic E-state index is 11.9. The minimum absolute atomic E-state index is 0.0982. The lowest BCUT2D eigenvalue weighted by Gasteiger charge is -2.44. The van der Waals surface area contributed by atoms with E-state index in [4.69, 9.17) is 0 Å². The summed E-state index contributed by atoms with van der Waals surface area (Å²) in [5.74, 6) is 0.0982. The van der Waals surface area contributed by atoms with Crippen LogP contribution in [0.2, 0.25) is 0 Å². The Balaban J connectivity index is 2.62. The Bertz CT molecular complexity index is 477. The van der Waals surface area contributed by atoms with Gasteiger partial charge in [0.05, 0.1) is 16.9 Å². The van der Waals surface area contributed by atoms with E-state index >= 15 is 0 Å². The molecule has 0 spiro atoms. The van der Waals surface area contributed by atoms with Crippen molar-refractivity contribution in [2.45, 2.75) is 40.2 Å². The summed E-state index contributed by atoms with van der Waals surface area (Å²) < 4.78 is 0. The van der Waals surface area contributed by atoms with Crippen molar-refractivity contribution in [1.82, 2.24) is 0 Å². The third kappa shape index (κ3) is 1.79. The lowest BCUT2D eigenvalue weighted by Crippen LogP contribution is -2.54. The molecule has 0 atom stereocenters. The second-order valence-electron chi connectivity index (χ2n) is 5.42. The number of hydrogen-bond donors (Lipinski definition) is 1. The minimum atomic E-state index is -0.180. The summed E-state index contributed by atoms with van der Waals surface area (Å²) in [4.78, 5) is 13.8. The number of benzene rings is 1. The van der Waals surface area contributed by atoms with E-state index in [1.165, 1.54) is 11.1 Å². The first kappa shape index (κ1) is 12.0. The molecule has 1 aromatic carbocycles. The highest BCUT2D eigenvalue weighted by molar-refractivity contribution is 5.98. The first-order valence-electron chi connectivity index (χ1n) is 5.99. The van der Waals surface area contributed by atoms with Crippen LogP contribution in [0.25, 0.3) is 0 Å². The number of carbonyl (C=O) groups is 1. The predicted molar refractivity (Wildman–Crippen MR) is 71.6 cm³/mol. The normalized spacial score (nSPS) is 17.4. The highest BCUT2D eigenvalue weighted by Gasteiger charge is 2.35. The largest absolute Gasteiger partial charge is 0.381 e. The Morgan fingerprint density at radius 1 is 1.35 bits per heavy atom. The van der Waals surface area contributed by atoms with Crippen LogP contribution in [0, 0.1) is 13.8 Å². The summed E-state index contributed by atoms with van der Waals surface area (Å²) >= 11 is 0. The Kier molecular flexibility index (Phi) is 2.64. The number of carbonyl (C=O) groups excluding carboxylic acids is 1. The molecule has 0 radical (unpaired) electrons. The lowest BCUT2D eigenvalue weighted by molar-refractivity contribution is -0.117. The van der Waals surface area contributed by atoms with E-state index in [1.54, 1.807) is 6.92 Å². The zero-order valence-electron chi connectivity index (χ0n) is 11.2. The quantitative estimate of drug-likeness (QED) is 0.746. The average Bonchev–Trinajstić information content (AvgIpc) is 2.21. The van der Waals surface area contributed by atoms with Gasteiger partial charge >= 0.3 is 0 Å². The Hall–Kier alpha value is -1.51. The number of fused-ring (bicyclic) bond motifs is 1. The van der Waals surface area contributed by atoms with Gasteiger partial charge in [-0.25, -0.2) is 0 Å². The molecule has 0 aromatic heterocycles. The van der Waals surface area contributed by atoms with Gasteiger partial charge in [0.1, 0.15) is 0 Å². The van der Waals surface area contributed by atoms with Crippen molar-refractivity contribution < 1.29 is 4.79 Å². The van der Waals surface area contributed by atoms with Gasteiger partial charge in [0.15, 0.2) is 0 Å². The maximum Gasteiger partial charge on any atom is 0.224 e. The van der Waals surface area contributed by atoms with Crippen LogP contribution in [0.1, 0.15) is 31.9 Å². The maximum absolute atomic E-state index is 11.9. The highest BCUT2D eigenvalue weighted by Crippen LogP contribution is 2.39. The molecule has 1 heterocycles. The molecule has 0 saturated carbocycles. The van der Waals surface area contributed by atoms with Gasteiger partial charge in [-0.15, -0.1) is 0 Å². The van der Waals surface area contributed by atoms with Crippen LogP contribution in [-0.4, -0.2) is 18.0 Å². The van der Waals surface area contributed by atoms with Crippen LogP contribution in [0.3, 0.4) is 0 Å². The zero-order chi connectivity index (χ0) is 12.8. The number of nitrogens with zero attached hydrogens (tertiary/aromatic N) is 1. The molecule has 1 aromatic rings. The number of aryl methyl sites for hydroxylation is 1. The van der Waals surface area contributed by atoms with E-state index in [2.05, 4.69) is 39.1 Å². The molecule has 1 aliphatic rings. The summed E-state index contributed by atoms with van der Waals surface area (Å²) in [6.45, 7) is 10.8. The monoisotopic (exact) mass is 232 g/mol. The van der Waals surface area contributed by atoms with E-state index in [-0.39, 0.29) is 11.4 Å². The number of nitrogens with one attached hydrogen (secondary N) is 1. The fourth-order valence-corrected chi connectivity index (χ4v) is 2.52. The molecular weight excluding hydrogens is 212 g/mol. The van der Waals surface area contributed by atoms with Crippen LogP contribution in [0.15, 0.2) is 12.1 Å².